The number of nitrogens with one attached hydrogen (secondary N) is 1. The molecule has 0 saturated carbocycles. The van der Waals surface area contributed by atoms with E-state index in [9.17, 15) is 4.79 Å². The highest BCUT2D eigenvalue weighted by atomic mass is 16.2. The Balaban J connectivity index is 1.61. The lowest BCUT2D eigenvalue weighted by Gasteiger charge is -2.31. The van der Waals surface area contributed by atoms with Crippen molar-refractivity contribution in [3.63, 3.8) is 0 Å². The number of aromatic nitrogens is 1. The highest BCUT2D eigenvalue weighted by molar-refractivity contribution is 5.83. The van der Waals surface area contributed by atoms with Crippen LogP contribution in [-0.2, 0) is 18.4 Å². The summed E-state index contributed by atoms with van der Waals surface area (Å²) in [6.45, 7) is 4.31. The van der Waals surface area contributed by atoms with E-state index in [2.05, 4.69) is 47.4 Å². The first-order chi connectivity index (χ1) is 10.1. The minimum absolute atomic E-state index is 0.197. The SMILES string of the molecule is CC(=O)N1CCC(NCc2cn(C)c3ccccc23)CC1. The monoisotopic (exact) mass is 285 g/mol. The smallest absolute Gasteiger partial charge is 0.219 e. The Morgan fingerprint density at radius 2 is 2.00 bits per heavy atom. The Bertz CT molecular complexity index is 639. The number of fused-ring (bicyclic) bond motifs is 1. The fraction of sp³-hybridized carbons (Fsp3) is 0.471. The molecule has 0 bridgehead atoms. The summed E-state index contributed by atoms with van der Waals surface area (Å²) in [6, 6.07) is 9.03. The first-order valence-electron chi connectivity index (χ1n) is 7.67. The van der Waals surface area contributed by atoms with Crippen molar-refractivity contribution >= 4 is 16.8 Å². The number of para-hydroxylation sites is 1. The van der Waals surface area contributed by atoms with Gasteiger partial charge in [-0.15, -0.1) is 0 Å². The minimum atomic E-state index is 0.197. The first-order valence-corrected chi connectivity index (χ1v) is 7.67. The van der Waals surface area contributed by atoms with Gasteiger partial charge in [0, 0.05) is 56.7 Å². The molecular formula is C17H23N3O. The zero-order valence-electron chi connectivity index (χ0n) is 12.8. The molecule has 1 aliphatic rings. The number of hydrogen-bond acceptors (Lipinski definition) is 2. The zero-order chi connectivity index (χ0) is 14.8. The summed E-state index contributed by atoms with van der Waals surface area (Å²) in [5, 5.41) is 4.98. The molecule has 0 aliphatic carbocycles. The molecule has 1 aromatic carbocycles. The molecular weight excluding hydrogens is 262 g/mol. The van der Waals surface area contributed by atoms with Crippen LogP contribution in [0.15, 0.2) is 30.5 Å². The van der Waals surface area contributed by atoms with Gasteiger partial charge in [-0.2, -0.15) is 0 Å². The highest BCUT2D eigenvalue weighted by Crippen LogP contribution is 2.20. The van der Waals surface area contributed by atoms with Crippen LogP contribution in [0, 0.1) is 0 Å². The summed E-state index contributed by atoms with van der Waals surface area (Å²) < 4.78 is 2.19. The lowest BCUT2D eigenvalue weighted by molar-refractivity contribution is -0.129. The lowest BCUT2D eigenvalue weighted by atomic mass is 10.0. The largest absolute Gasteiger partial charge is 0.350 e. The van der Waals surface area contributed by atoms with E-state index in [4.69, 9.17) is 0 Å². The molecule has 112 valence electrons. The van der Waals surface area contributed by atoms with Gasteiger partial charge in [0.25, 0.3) is 0 Å². The van der Waals surface area contributed by atoms with Crippen LogP contribution < -0.4 is 5.32 Å². The van der Waals surface area contributed by atoms with Gasteiger partial charge in [0.15, 0.2) is 0 Å². The maximum atomic E-state index is 11.3. The van der Waals surface area contributed by atoms with Crippen molar-refractivity contribution in [1.82, 2.24) is 14.8 Å². The molecule has 4 nitrogen and oxygen atoms in total. The molecule has 21 heavy (non-hydrogen) atoms. The molecule has 0 radical (unpaired) electrons. The summed E-state index contributed by atoms with van der Waals surface area (Å²) in [5.41, 5.74) is 2.63. The predicted molar refractivity (Wildman–Crippen MR) is 85.0 cm³/mol. The molecule has 2 aromatic rings. The summed E-state index contributed by atoms with van der Waals surface area (Å²) in [7, 11) is 2.09. The van der Waals surface area contributed by atoms with Crippen LogP contribution in [0.1, 0.15) is 25.3 Å². The van der Waals surface area contributed by atoms with Crippen LogP contribution in [0.2, 0.25) is 0 Å². The molecule has 1 N–H and O–H groups in total. The molecule has 3 rings (SSSR count). The second-order valence-corrected chi connectivity index (χ2v) is 5.94. The Morgan fingerprint density at radius 3 is 2.71 bits per heavy atom. The molecule has 4 heteroatoms. The molecule has 1 aromatic heterocycles. The number of aryl methyl sites for hydroxylation is 1. The summed E-state index contributed by atoms with van der Waals surface area (Å²) >= 11 is 0. The number of benzene rings is 1. The van der Waals surface area contributed by atoms with Crippen molar-refractivity contribution in [3.8, 4) is 0 Å². The Labute approximate surface area is 125 Å². The van der Waals surface area contributed by atoms with E-state index in [1.54, 1.807) is 6.92 Å². The first kappa shape index (κ1) is 14.1. The molecule has 1 aliphatic heterocycles. The average Bonchev–Trinajstić information content (AvgIpc) is 2.83. The Hall–Kier alpha value is -1.81. The van der Waals surface area contributed by atoms with E-state index in [1.165, 1.54) is 16.5 Å². The fourth-order valence-electron chi connectivity index (χ4n) is 3.22. The van der Waals surface area contributed by atoms with E-state index < -0.39 is 0 Å². The maximum Gasteiger partial charge on any atom is 0.219 e. The number of carbonyl (C=O) groups excluding carboxylic acids is 1. The summed E-state index contributed by atoms with van der Waals surface area (Å²) in [4.78, 5) is 13.3. The predicted octanol–water partition coefficient (Wildman–Crippen LogP) is 2.28. The number of rotatable bonds is 3. The van der Waals surface area contributed by atoms with Gasteiger partial charge in [-0.1, -0.05) is 18.2 Å². The van der Waals surface area contributed by atoms with Crippen LogP contribution in [0.3, 0.4) is 0 Å². The van der Waals surface area contributed by atoms with E-state index in [-0.39, 0.29) is 5.91 Å². The molecule has 0 atom stereocenters. The van der Waals surface area contributed by atoms with Crippen molar-refractivity contribution in [2.75, 3.05) is 13.1 Å². The minimum Gasteiger partial charge on any atom is -0.350 e. The molecule has 0 spiro atoms. The number of piperidine rings is 1. The van der Waals surface area contributed by atoms with Gasteiger partial charge in [0.05, 0.1) is 0 Å². The number of carbonyl (C=O) groups is 1. The average molecular weight is 285 g/mol. The third kappa shape index (κ3) is 2.95. The Morgan fingerprint density at radius 1 is 1.29 bits per heavy atom. The van der Waals surface area contributed by atoms with Crippen LogP contribution >= 0.6 is 0 Å². The number of nitrogens with zero attached hydrogens (tertiary/aromatic N) is 2. The number of likely N-dealkylation sites (tertiary alicyclic amines) is 1. The van der Waals surface area contributed by atoms with Gasteiger partial charge in [0.1, 0.15) is 0 Å². The third-order valence-corrected chi connectivity index (χ3v) is 4.50. The van der Waals surface area contributed by atoms with Gasteiger partial charge < -0.3 is 14.8 Å². The molecule has 2 heterocycles. The third-order valence-electron chi connectivity index (χ3n) is 4.50. The van der Waals surface area contributed by atoms with E-state index in [1.807, 2.05) is 4.90 Å². The number of hydrogen-bond donors (Lipinski definition) is 1. The standard InChI is InChI=1S/C17H23N3O/c1-13(21)20-9-7-15(8-10-20)18-11-14-12-19(2)17-6-4-3-5-16(14)17/h3-6,12,15,18H,7-11H2,1-2H3. The summed E-state index contributed by atoms with van der Waals surface area (Å²) in [6.07, 6.45) is 4.30. The lowest BCUT2D eigenvalue weighted by Crippen LogP contribution is -2.43. The molecule has 1 amide bonds. The van der Waals surface area contributed by atoms with Crippen molar-refractivity contribution < 1.29 is 4.79 Å². The zero-order valence-corrected chi connectivity index (χ0v) is 12.8. The second kappa shape index (κ2) is 5.90. The Kier molecular flexibility index (Phi) is 3.97. The fourth-order valence-corrected chi connectivity index (χ4v) is 3.22. The highest BCUT2D eigenvalue weighted by Gasteiger charge is 2.20. The van der Waals surface area contributed by atoms with E-state index >= 15 is 0 Å². The quantitative estimate of drug-likeness (QED) is 0.939. The van der Waals surface area contributed by atoms with Gasteiger partial charge in [-0.25, -0.2) is 0 Å². The molecule has 1 saturated heterocycles. The van der Waals surface area contributed by atoms with Crippen LogP contribution in [0.5, 0.6) is 0 Å². The van der Waals surface area contributed by atoms with Gasteiger partial charge >= 0.3 is 0 Å². The molecule has 0 unspecified atom stereocenters. The van der Waals surface area contributed by atoms with Crippen molar-refractivity contribution in [2.24, 2.45) is 7.05 Å². The van der Waals surface area contributed by atoms with E-state index in [0.717, 1.165) is 32.5 Å². The maximum absolute atomic E-state index is 11.3. The van der Waals surface area contributed by atoms with Crippen molar-refractivity contribution in [3.05, 3.63) is 36.0 Å². The van der Waals surface area contributed by atoms with Crippen LogP contribution in [0.4, 0.5) is 0 Å². The van der Waals surface area contributed by atoms with Gasteiger partial charge in [-0.3, -0.25) is 4.79 Å². The molecule has 1 fully saturated rings. The van der Waals surface area contributed by atoms with Crippen molar-refractivity contribution in [1.29, 1.82) is 0 Å². The van der Waals surface area contributed by atoms with Gasteiger partial charge in [0.2, 0.25) is 5.91 Å². The normalized spacial score (nSPS) is 16.6. The van der Waals surface area contributed by atoms with Gasteiger partial charge in [-0.05, 0) is 24.5 Å². The van der Waals surface area contributed by atoms with Crippen LogP contribution in [-0.4, -0.2) is 34.5 Å². The second-order valence-electron chi connectivity index (χ2n) is 5.94. The van der Waals surface area contributed by atoms with Crippen molar-refractivity contribution in [2.45, 2.75) is 32.4 Å². The van der Waals surface area contributed by atoms with E-state index in [0.29, 0.717) is 6.04 Å². The number of amides is 1. The summed E-state index contributed by atoms with van der Waals surface area (Å²) in [5.74, 6) is 0.197. The van der Waals surface area contributed by atoms with Crippen LogP contribution in [0.25, 0.3) is 10.9 Å². The topological polar surface area (TPSA) is 37.3 Å².